The van der Waals surface area contributed by atoms with Crippen LogP contribution >= 0.6 is 0 Å². The van der Waals surface area contributed by atoms with E-state index < -0.39 is 6.04 Å². The second kappa shape index (κ2) is 7.80. The summed E-state index contributed by atoms with van der Waals surface area (Å²) in [5.74, 6) is 7.18. The summed E-state index contributed by atoms with van der Waals surface area (Å²) in [6, 6.07) is 7.00. The van der Waals surface area contributed by atoms with Crippen LogP contribution in [0, 0.1) is 24.7 Å². The highest BCUT2D eigenvalue weighted by Crippen LogP contribution is 2.36. The Balaban J connectivity index is 1.41. The van der Waals surface area contributed by atoms with Crippen LogP contribution in [0.2, 0.25) is 0 Å². The van der Waals surface area contributed by atoms with Crippen LogP contribution in [0.3, 0.4) is 0 Å². The van der Waals surface area contributed by atoms with Gasteiger partial charge in [0.2, 0.25) is 0 Å². The lowest BCUT2D eigenvalue weighted by molar-refractivity contribution is 0.0938. The fourth-order valence-electron chi connectivity index (χ4n) is 4.36. The van der Waals surface area contributed by atoms with E-state index in [2.05, 4.69) is 27.2 Å². The molecule has 0 spiro atoms. The van der Waals surface area contributed by atoms with E-state index in [9.17, 15) is 9.59 Å². The molecule has 8 nitrogen and oxygen atoms in total. The molecule has 2 aliphatic rings. The predicted molar refractivity (Wildman–Crippen MR) is 127 cm³/mol. The zero-order valence-corrected chi connectivity index (χ0v) is 19.1. The Morgan fingerprint density at radius 3 is 2.79 bits per heavy atom. The van der Waals surface area contributed by atoms with Gasteiger partial charge in [0.15, 0.2) is 5.65 Å². The molecule has 0 bridgehead atoms. The maximum absolute atomic E-state index is 13.7. The van der Waals surface area contributed by atoms with Gasteiger partial charge in [0, 0.05) is 29.9 Å². The molecule has 34 heavy (non-hydrogen) atoms. The Morgan fingerprint density at radius 1 is 1.21 bits per heavy atom. The summed E-state index contributed by atoms with van der Waals surface area (Å²) >= 11 is 0. The molecule has 0 aliphatic heterocycles. The van der Waals surface area contributed by atoms with Crippen molar-refractivity contribution < 1.29 is 4.79 Å². The summed E-state index contributed by atoms with van der Waals surface area (Å²) < 4.78 is 3.35. The largest absolute Gasteiger partial charge is 0.342 e. The molecule has 1 atom stereocenters. The molecule has 0 unspecified atom stereocenters. The number of amides is 1. The molecule has 2 fully saturated rings. The van der Waals surface area contributed by atoms with Gasteiger partial charge in [-0.3, -0.25) is 14.2 Å². The Hall–Kier alpha value is -3.99. The third-order valence-electron chi connectivity index (χ3n) is 6.39. The van der Waals surface area contributed by atoms with Crippen molar-refractivity contribution in [2.45, 2.75) is 51.6 Å². The number of hydrogen-bond acceptors (Lipinski definition) is 5. The molecule has 8 heteroatoms. The Kier molecular flexibility index (Phi) is 4.73. The maximum atomic E-state index is 13.7. The molecule has 170 valence electrons. The number of carbonyl (C=O) groups is 1. The third-order valence-corrected chi connectivity index (χ3v) is 6.39. The molecule has 2 aliphatic carbocycles. The van der Waals surface area contributed by atoms with Crippen molar-refractivity contribution in [2.24, 2.45) is 5.92 Å². The SMILES string of the molecule is Cc1nn2cccnc2c1C(=O)N[C@H](C)c1nc2cccc(C#CC3CC3)c2c(=O)n1C1CC1. The van der Waals surface area contributed by atoms with Crippen molar-refractivity contribution >= 4 is 22.5 Å². The standard InChI is InChI=1S/C26H24N6O2/c1-15-21(24-27-13-4-14-31(24)30-15)25(33)28-16(2)23-29-20-6-3-5-18(10-9-17-7-8-17)22(20)26(34)32(23)19-11-12-19/h3-6,13-14,16-17,19H,7-8,11-12H2,1-2H3,(H,28,33)/t16-/m1/s1. The molecule has 1 aromatic carbocycles. The third kappa shape index (κ3) is 3.54. The molecule has 1 amide bonds. The average molecular weight is 453 g/mol. The summed E-state index contributed by atoms with van der Waals surface area (Å²) in [5, 5.41) is 7.97. The van der Waals surface area contributed by atoms with Gasteiger partial charge in [0.25, 0.3) is 11.5 Å². The first-order valence-electron chi connectivity index (χ1n) is 11.7. The van der Waals surface area contributed by atoms with E-state index >= 15 is 0 Å². The summed E-state index contributed by atoms with van der Waals surface area (Å²) in [5.41, 5.74) is 2.76. The van der Waals surface area contributed by atoms with Crippen LogP contribution in [0.5, 0.6) is 0 Å². The molecule has 3 heterocycles. The minimum absolute atomic E-state index is 0.0851. The molecule has 6 rings (SSSR count). The fourth-order valence-corrected chi connectivity index (χ4v) is 4.36. The van der Waals surface area contributed by atoms with Gasteiger partial charge >= 0.3 is 0 Å². The highest BCUT2D eigenvalue weighted by Gasteiger charge is 2.31. The lowest BCUT2D eigenvalue weighted by Crippen LogP contribution is -2.34. The van der Waals surface area contributed by atoms with Crippen molar-refractivity contribution in [1.82, 2.24) is 29.5 Å². The minimum atomic E-state index is -0.482. The van der Waals surface area contributed by atoms with Crippen molar-refractivity contribution in [3.63, 3.8) is 0 Å². The molecular formula is C26H24N6O2. The summed E-state index contributed by atoms with van der Waals surface area (Å²) in [6.07, 6.45) is 7.50. The van der Waals surface area contributed by atoms with E-state index in [-0.39, 0.29) is 17.5 Å². The van der Waals surface area contributed by atoms with Crippen LogP contribution in [0.1, 0.15) is 72.1 Å². The number of aromatic nitrogens is 5. The first-order valence-corrected chi connectivity index (χ1v) is 11.7. The minimum Gasteiger partial charge on any atom is -0.342 e. The van der Waals surface area contributed by atoms with Crippen LogP contribution < -0.4 is 10.9 Å². The van der Waals surface area contributed by atoms with Crippen LogP contribution in [0.25, 0.3) is 16.6 Å². The number of hydrogen-bond donors (Lipinski definition) is 1. The van der Waals surface area contributed by atoms with Crippen LogP contribution in [0.15, 0.2) is 41.5 Å². The van der Waals surface area contributed by atoms with Crippen LogP contribution in [-0.4, -0.2) is 30.1 Å². The number of fused-ring (bicyclic) bond motifs is 2. The highest BCUT2D eigenvalue weighted by molar-refractivity contribution is 6.01. The van der Waals surface area contributed by atoms with Crippen LogP contribution in [-0.2, 0) is 0 Å². The summed E-state index contributed by atoms with van der Waals surface area (Å²) in [6.45, 7) is 3.64. The monoisotopic (exact) mass is 452 g/mol. The van der Waals surface area contributed by atoms with E-state index in [0.29, 0.717) is 39.5 Å². The lowest BCUT2D eigenvalue weighted by atomic mass is 10.1. The molecule has 0 saturated heterocycles. The number of nitrogens with one attached hydrogen (secondary N) is 1. The highest BCUT2D eigenvalue weighted by atomic mass is 16.2. The quantitative estimate of drug-likeness (QED) is 0.480. The van der Waals surface area contributed by atoms with Gasteiger partial charge in [0.1, 0.15) is 11.4 Å². The van der Waals surface area contributed by atoms with E-state index in [4.69, 9.17) is 4.98 Å². The summed E-state index contributed by atoms with van der Waals surface area (Å²) in [7, 11) is 0. The Morgan fingerprint density at radius 2 is 2.03 bits per heavy atom. The first kappa shape index (κ1) is 20.6. The smallest absolute Gasteiger partial charge is 0.262 e. The van der Waals surface area contributed by atoms with Gasteiger partial charge in [-0.15, -0.1) is 0 Å². The van der Waals surface area contributed by atoms with Gasteiger partial charge < -0.3 is 5.32 Å². The summed E-state index contributed by atoms with van der Waals surface area (Å²) in [4.78, 5) is 36.1. The molecular weight excluding hydrogens is 428 g/mol. The Bertz CT molecular complexity index is 1580. The normalized spacial score (nSPS) is 16.3. The van der Waals surface area contributed by atoms with E-state index in [0.717, 1.165) is 31.2 Å². The number of nitrogens with zero attached hydrogens (tertiary/aromatic N) is 5. The van der Waals surface area contributed by atoms with Gasteiger partial charge in [-0.1, -0.05) is 17.9 Å². The van der Waals surface area contributed by atoms with Crippen molar-refractivity contribution in [1.29, 1.82) is 0 Å². The van der Waals surface area contributed by atoms with Crippen molar-refractivity contribution in [3.8, 4) is 11.8 Å². The van der Waals surface area contributed by atoms with E-state index in [1.807, 2.05) is 25.1 Å². The molecule has 1 N–H and O–H groups in total. The second-order valence-electron chi connectivity index (χ2n) is 9.16. The van der Waals surface area contributed by atoms with Crippen LogP contribution in [0.4, 0.5) is 0 Å². The van der Waals surface area contributed by atoms with E-state index in [1.54, 1.807) is 34.5 Å². The molecule has 4 aromatic rings. The van der Waals surface area contributed by atoms with E-state index in [1.165, 1.54) is 0 Å². The van der Waals surface area contributed by atoms with Gasteiger partial charge in [-0.25, -0.2) is 14.5 Å². The maximum Gasteiger partial charge on any atom is 0.262 e. The predicted octanol–water partition coefficient (Wildman–Crippen LogP) is 3.34. The zero-order chi connectivity index (χ0) is 23.4. The topological polar surface area (TPSA) is 94.2 Å². The number of carbonyl (C=O) groups excluding carboxylic acids is 1. The Labute approximate surface area is 196 Å². The molecule has 0 radical (unpaired) electrons. The van der Waals surface area contributed by atoms with Crippen molar-refractivity contribution in [2.75, 3.05) is 0 Å². The second-order valence-corrected chi connectivity index (χ2v) is 9.16. The fraction of sp³-hybridized carbons (Fsp3) is 0.346. The first-order chi connectivity index (χ1) is 16.5. The average Bonchev–Trinajstić information content (AvgIpc) is 3.74. The van der Waals surface area contributed by atoms with Gasteiger partial charge in [0.05, 0.1) is 22.6 Å². The molecule has 3 aromatic heterocycles. The number of benzene rings is 1. The zero-order valence-electron chi connectivity index (χ0n) is 19.1. The number of rotatable bonds is 4. The molecule has 2 saturated carbocycles. The number of aryl methyl sites for hydroxylation is 1. The van der Waals surface area contributed by atoms with Gasteiger partial charge in [-0.05, 0) is 57.7 Å². The van der Waals surface area contributed by atoms with Crippen molar-refractivity contribution in [3.05, 3.63) is 69.7 Å². The van der Waals surface area contributed by atoms with Gasteiger partial charge in [-0.2, -0.15) is 5.10 Å². The lowest BCUT2D eigenvalue weighted by Gasteiger charge is -2.19.